The molecule has 46 heavy (non-hydrogen) atoms. The highest BCUT2D eigenvalue weighted by Crippen LogP contribution is 2.44. The van der Waals surface area contributed by atoms with E-state index in [2.05, 4.69) is 34.4 Å². The summed E-state index contributed by atoms with van der Waals surface area (Å²) in [5, 5.41) is 6.91. The second-order valence-electron chi connectivity index (χ2n) is 13.3. The first kappa shape index (κ1) is 31.8. The Morgan fingerprint density at radius 3 is 2.46 bits per heavy atom. The molecule has 0 bridgehead atoms. The minimum atomic E-state index is -3.89. The van der Waals surface area contributed by atoms with Crippen LogP contribution in [-0.4, -0.2) is 58.7 Å². The Balaban J connectivity index is 1.46. The molecule has 4 aromatic rings. The zero-order chi connectivity index (χ0) is 33.1. The number of rotatable bonds is 6. The lowest BCUT2D eigenvalue weighted by Gasteiger charge is -2.40. The number of hydrogen-bond acceptors (Lipinski definition) is 9. The number of benzene rings is 2. The smallest absolute Gasteiger partial charge is 0.263 e. The molecule has 12 heteroatoms. The molecule has 0 aliphatic carbocycles. The molecule has 2 aromatic heterocycles. The number of nitrogens with one attached hydrogen (secondary N) is 2. The molecule has 1 saturated heterocycles. The van der Waals surface area contributed by atoms with Crippen LogP contribution in [0, 0.1) is 11.7 Å². The molecule has 6 rings (SSSR count). The fraction of sp³-hybridized carbons (Fsp3) is 0.412. The molecule has 0 saturated carbocycles. The first-order valence-corrected chi connectivity index (χ1v) is 17.0. The maximum atomic E-state index is 15.4. The molecule has 242 valence electrons. The number of carbonyl (C=O) groups is 1. The van der Waals surface area contributed by atoms with Gasteiger partial charge >= 0.3 is 0 Å². The van der Waals surface area contributed by atoms with Gasteiger partial charge in [0, 0.05) is 48.4 Å². The van der Waals surface area contributed by atoms with E-state index in [-0.39, 0.29) is 46.3 Å². The van der Waals surface area contributed by atoms with Crippen LogP contribution in [0.3, 0.4) is 0 Å². The van der Waals surface area contributed by atoms with Crippen LogP contribution >= 0.6 is 0 Å². The lowest BCUT2D eigenvalue weighted by Crippen LogP contribution is -2.54. The Hall–Kier alpha value is -4.16. The minimum Gasteiger partial charge on any atom is -0.366 e. The van der Waals surface area contributed by atoms with E-state index < -0.39 is 37.9 Å². The van der Waals surface area contributed by atoms with Crippen molar-refractivity contribution in [2.45, 2.75) is 75.7 Å². The van der Waals surface area contributed by atoms with Gasteiger partial charge in [-0.1, -0.05) is 32.0 Å². The Bertz CT molecular complexity index is 2020. The standard InChI is InChI=1S/C34H39FN6O4S/c1-19(2)30(42)25-13-23-16-36-33(38-24-11-12-27(26(35)15-24)40-17-20(3)37-21(4)18-40)39-31(23)41(32(25)43)29-14-22-9-7-8-10-28(22)46(44,45)34(29,5)6/h7-13,15-16,19-21,29,37H,14,17-18H2,1-6H3,(H,36,38,39)/t20-,21+,29?. The highest BCUT2D eigenvalue weighted by atomic mass is 32.2. The normalized spacial score (nSPS) is 22.1. The predicted octanol–water partition coefficient (Wildman–Crippen LogP) is 5.05. The highest BCUT2D eigenvalue weighted by molar-refractivity contribution is 7.93. The number of hydrogen-bond donors (Lipinski definition) is 2. The van der Waals surface area contributed by atoms with Gasteiger partial charge in [-0.25, -0.2) is 17.8 Å². The van der Waals surface area contributed by atoms with Crippen molar-refractivity contribution in [2.24, 2.45) is 5.92 Å². The van der Waals surface area contributed by atoms with E-state index in [4.69, 9.17) is 0 Å². The third-order valence-corrected chi connectivity index (χ3v) is 11.8. The van der Waals surface area contributed by atoms with Crippen molar-refractivity contribution < 1.29 is 17.6 Å². The van der Waals surface area contributed by atoms with Gasteiger partial charge in [0.1, 0.15) is 11.5 Å². The summed E-state index contributed by atoms with van der Waals surface area (Å²) in [7, 11) is -3.89. The number of nitrogens with zero attached hydrogens (tertiary/aromatic N) is 4. The van der Waals surface area contributed by atoms with Gasteiger partial charge < -0.3 is 15.5 Å². The van der Waals surface area contributed by atoms with Crippen LogP contribution in [-0.2, 0) is 16.3 Å². The Labute approximate surface area is 268 Å². The summed E-state index contributed by atoms with van der Waals surface area (Å²) in [5.74, 6) is -1.12. The number of ketones is 1. The average molecular weight is 647 g/mol. The van der Waals surface area contributed by atoms with E-state index in [1.807, 2.05) is 4.90 Å². The number of pyridine rings is 1. The van der Waals surface area contributed by atoms with Gasteiger partial charge in [-0.2, -0.15) is 4.98 Å². The molecule has 2 N–H and O–H groups in total. The zero-order valence-corrected chi connectivity index (χ0v) is 27.7. The average Bonchev–Trinajstić information content (AvgIpc) is 2.98. The summed E-state index contributed by atoms with van der Waals surface area (Å²) in [5.41, 5.74) is 1.01. The quantitative estimate of drug-likeness (QED) is 0.277. The summed E-state index contributed by atoms with van der Waals surface area (Å²) < 4.78 is 43.2. The van der Waals surface area contributed by atoms with E-state index in [1.165, 1.54) is 22.9 Å². The van der Waals surface area contributed by atoms with Gasteiger partial charge in [0.2, 0.25) is 5.95 Å². The first-order valence-electron chi connectivity index (χ1n) is 15.6. The van der Waals surface area contributed by atoms with Crippen LogP contribution < -0.4 is 21.1 Å². The summed E-state index contributed by atoms with van der Waals surface area (Å²) in [6, 6.07) is 12.7. The molecular weight excluding hydrogens is 607 g/mol. The third kappa shape index (κ3) is 5.37. The number of piperazine rings is 1. The molecule has 2 aliphatic rings. The lowest BCUT2D eigenvalue weighted by molar-refractivity contribution is 0.0937. The SMILES string of the molecule is CC(C)C(=O)c1cc2cnc(Nc3ccc(N4C[C@@H](C)N[C@@H](C)C4)c(F)c3)nc2n(C2Cc3ccccc3S(=O)(=O)C2(C)C)c1=O. The van der Waals surface area contributed by atoms with Crippen LogP contribution in [0.1, 0.15) is 63.5 Å². The maximum Gasteiger partial charge on any atom is 0.263 e. The zero-order valence-electron chi connectivity index (χ0n) is 26.8. The van der Waals surface area contributed by atoms with Gasteiger partial charge in [0.15, 0.2) is 15.6 Å². The van der Waals surface area contributed by atoms with Crippen LogP contribution in [0.5, 0.6) is 0 Å². The molecule has 10 nitrogen and oxygen atoms in total. The van der Waals surface area contributed by atoms with Crippen molar-refractivity contribution in [3.63, 3.8) is 0 Å². The lowest BCUT2D eigenvalue weighted by atomic mass is 9.93. The minimum absolute atomic E-state index is 0.0481. The largest absolute Gasteiger partial charge is 0.366 e. The molecule has 0 radical (unpaired) electrons. The molecule has 4 heterocycles. The molecule has 0 spiro atoms. The van der Waals surface area contributed by atoms with E-state index in [1.54, 1.807) is 64.1 Å². The van der Waals surface area contributed by atoms with E-state index in [0.717, 1.165) is 0 Å². The number of carbonyl (C=O) groups excluding carboxylic acids is 1. The third-order valence-electron chi connectivity index (χ3n) is 9.15. The van der Waals surface area contributed by atoms with E-state index in [0.29, 0.717) is 35.4 Å². The number of sulfone groups is 1. The van der Waals surface area contributed by atoms with Crippen molar-refractivity contribution >= 4 is 44.0 Å². The maximum absolute atomic E-state index is 15.4. The Kier molecular flexibility index (Phi) is 8.00. The van der Waals surface area contributed by atoms with Gasteiger partial charge in [-0.15, -0.1) is 0 Å². The topological polar surface area (TPSA) is 126 Å². The molecule has 3 atom stereocenters. The van der Waals surface area contributed by atoms with Crippen molar-refractivity contribution in [3.05, 3.63) is 82.0 Å². The van der Waals surface area contributed by atoms with Crippen molar-refractivity contribution in [2.75, 3.05) is 23.3 Å². The molecular formula is C34H39FN6O4S. The van der Waals surface area contributed by atoms with Crippen LogP contribution in [0.4, 0.5) is 21.7 Å². The molecule has 0 amide bonds. The fourth-order valence-corrected chi connectivity index (χ4v) is 8.57. The number of Topliss-reactive ketones (excluding diaryl/α,β-unsaturated/α-hetero) is 1. The monoisotopic (exact) mass is 646 g/mol. The summed E-state index contributed by atoms with van der Waals surface area (Å²) in [6.45, 7) is 12.1. The molecule has 2 aromatic carbocycles. The molecule has 1 fully saturated rings. The van der Waals surface area contributed by atoms with Gasteiger partial charge in [-0.3, -0.25) is 14.2 Å². The van der Waals surface area contributed by atoms with E-state index in [9.17, 15) is 18.0 Å². The number of anilines is 3. The predicted molar refractivity (Wildman–Crippen MR) is 177 cm³/mol. The van der Waals surface area contributed by atoms with Crippen LogP contribution in [0.25, 0.3) is 11.0 Å². The number of aromatic nitrogens is 3. The second-order valence-corrected chi connectivity index (χ2v) is 15.8. The Morgan fingerprint density at radius 1 is 1.09 bits per heavy atom. The van der Waals surface area contributed by atoms with Gasteiger partial charge in [0.05, 0.1) is 26.9 Å². The van der Waals surface area contributed by atoms with Gasteiger partial charge in [-0.05, 0) is 70.0 Å². The highest BCUT2D eigenvalue weighted by Gasteiger charge is 2.49. The molecule has 1 unspecified atom stereocenters. The van der Waals surface area contributed by atoms with Gasteiger partial charge in [0.25, 0.3) is 5.56 Å². The second kappa shape index (κ2) is 11.6. The summed E-state index contributed by atoms with van der Waals surface area (Å²) in [4.78, 5) is 38.8. The fourth-order valence-electron chi connectivity index (χ4n) is 6.70. The Morgan fingerprint density at radius 2 is 1.78 bits per heavy atom. The summed E-state index contributed by atoms with van der Waals surface area (Å²) in [6.07, 6.45) is 1.73. The van der Waals surface area contributed by atoms with Crippen molar-refractivity contribution in [1.29, 1.82) is 0 Å². The van der Waals surface area contributed by atoms with E-state index >= 15 is 4.39 Å². The first-order chi connectivity index (χ1) is 21.7. The van der Waals surface area contributed by atoms with Crippen LogP contribution in [0.2, 0.25) is 0 Å². The number of halogens is 1. The van der Waals surface area contributed by atoms with Crippen molar-refractivity contribution in [3.8, 4) is 0 Å². The van der Waals surface area contributed by atoms with Crippen molar-refractivity contribution in [1.82, 2.24) is 19.9 Å². The molecule has 2 aliphatic heterocycles. The summed E-state index contributed by atoms with van der Waals surface area (Å²) >= 11 is 0. The van der Waals surface area contributed by atoms with Crippen LogP contribution in [0.15, 0.2) is 64.4 Å². The number of fused-ring (bicyclic) bond motifs is 2.